The van der Waals surface area contributed by atoms with Crippen LogP contribution in [0.15, 0.2) is 42.5 Å². The Hall–Kier alpha value is -4.41. The molecule has 282 valence electrons. The van der Waals surface area contributed by atoms with Crippen LogP contribution in [0.25, 0.3) is 0 Å². The molecule has 2 aliphatic heterocycles. The predicted octanol–water partition coefficient (Wildman–Crippen LogP) is 4.30. The minimum Gasteiger partial charge on any atom is -0.444 e. The molecule has 17 heteroatoms. The SMILES string of the molecule is CCC1CC1(NC(=O)C1CC(OC(=O)N2Cc3cccc(F)c3C2)CN1C(=O)C(Nc1cccc(C(F)(F)F)c1)C(C)C)C(=O)NS(=O)(=O)C1CC1. The number of carbonyl (C=O) groups is 4. The molecule has 2 aromatic rings. The van der Waals surface area contributed by atoms with Crippen molar-refractivity contribution in [1.82, 2.24) is 19.8 Å². The van der Waals surface area contributed by atoms with Gasteiger partial charge >= 0.3 is 12.3 Å². The molecule has 2 saturated carbocycles. The van der Waals surface area contributed by atoms with Crippen molar-refractivity contribution in [2.75, 3.05) is 11.9 Å². The zero-order valence-electron chi connectivity index (χ0n) is 28.8. The number of hydrogen-bond acceptors (Lipinski definition) is 8. The zero-order chi connectivity index (χ0) is 37.7. The first kappa shape index (κ1) is 37.4. The van der Waals surface area contributed by atoms with Gasteiger partial charge in [-0.05, 0) is 60.9 Å². The number of anilines is 1. The molecule has 2 heterocycles. The predicted molar refractivity (Wildman–Crippen MR) is 179 cm³/mol. The Morgan fingerprint density at radius 3 is 2.38 bits per heavy atom. The summed E-state index contributed by atoms with van der Waals surface area (Å²) in [5.41, 5.74) is -1.50. The second-order valence-electron chi connectivity index (χ2n) is 14.4. The van der Waals surface area contributed by atoms with Gasteiger partial charge in [-0.25, -0.2) is 17.6 Å². The summed E-state index contributed by atoms with van der Waals surface area (Å²) in [7, 11) is -3.94. The average Bonchev–Trinajstić information content (AvgIpc) is 3.97. The Morgan fingerprint density at radius 2 is 1.77 bits per heavy atom. The summed E-state index contributed by atoms with van der Waals surface area (Å²) in [5, 5.41) is 4.91. The summed E-state index contributed by atoms with van der Waals surface area (Å²) in [6.45, 7) is 4.91. The van der Waals surface area contributed by atoms with Crippen LogP contribution < -0.4 is 15.4 Å². The van der Waals surface area contributed by atoms with E-state index in [1.54, 1.807) is 26.8 Å². The van der Waals surface area contributed by atoms with Gasteiger partial charge in [0.1, 0.15) is 29.5 Å². The molecule has 3 N–H and O–H groups in total. The first-order valence-electron chi connectivity index (χ1n) is 17.3. The Bertz CT molecular complexity index is 1870. The van der Waals surface area contributed by atoms with E-state index in [2.05, 4.69) is 15.4 Å². The maximum atomic E-state index is 14.4. The van der Waals surface area contributed by atoms with Gasteiger partial charge in [0.25, 0.3) is 5.91 Å². The van der Waals surface area contributed by atoms with Gasteiger partial charge in [0, 0.05) is 24.2 Å². The van der Waals surface area contributed by atoms with Crippen LogP contribution in [0.3, 0.4) is 0 Å². The molecular weight excluding hydrogens is 710 g/mol. The lowest BCUT2D eigenvalue weighted by Gasteiger charge is -2.32. The molecule has 0 radical (unpaired) electrons. The van der Waals surface area contributed by atoms with Crippen molar-refractivity contribution in [3.8, 4) is 0 Å². The lowest BCUT2D eigenvalue weighted by atomic mass is 10.0. The van der Waals surface area contributed by atoms with Crippen molar-refractivity contribution in [1.29, 1.82) is 0 Å². The molecule has 4 aliphatic rings. The fraction of sp³-hybridized carbons (Fsp3) is 0.543. The second kappa shape index (κ2) is 13.9. The molecule has 6 rings (SSSR count). The number of hydrogen-bond donors (Lipinski definition) is 3. The number of amides is 4. The van der Waals surface area contributed by atoms with Gasteiger partial charge in [-0.3, -0.25) is 24.0 Å². The number of nitrogens with one attached hydrogen (secondary N) is 3. The molecule has 52 heavy (non-hydrogen) atoms. The number of nitrogens with zero attached hydrogens (tertiary/aromatic N) is 2. The summed E-state index contributed by atoms with van der Waals surface area (Å²) < 4.78 is 87.9. The minimum absolute atomic E-state index is 0.0159. The standard InChI is InChI=1S/C35H41F4N5O7S/c1-4-21-15-34(21,32(47)42-52(49,50)25-11-12-25)41-30(45)28-14-24(51-33(48)43-16-20-7-5-10-27(36)26(20)18-43)17-44(28)31(46)29(19(2)3)40-23-9-6-8-22(13-23)35(37,38)39/h5-10,13,19,21,24-25,28-29,40H,4,11-12,14-18H2,1-3H3,(H,41,45)(H,42,47). The highest BCUT2D eigenvalue weighted by Gasteiger charge is 2.62. The Morgan fingerprint density at radius 1 is 1.06 bits per heavy atom. The molecule has 3 fully saturated rings. The van der Waals surface area contributed by atoms with Crippen LogP contribution in [0.1, 0.15) is 69.6 Å². The van der Waals surface area contributed by atoms with Gasteiger partial charge in [-0.15, -0.1) is 0 Å². The first-order chi connectivity index (χ1) is 24.4. The average molecular weight is 752 g/mol. The summed E-state index contributed by atoms with van der Waals surface area (Å²) in [6.07, 6.45) is -5.20. The van der Waals surface area contributed by atoms with E-state index in [4.69, 9.17) is 4.74 Å². The Labute approximate surface area is 298 Å². The van der Waals surface area contributed by atoms with Gasteiger partial charge < -0.3 is 20.3 Å². The summed E-state index contributed by atoms with van der Waals surface area (Å²) in [4.78, 5) is 57.5. The number of fused-ring (bicyclic) bond motifs is 1. The quantitative estimate of drug-likeness (QED) is 0.288. The van der Waals surface area contributed by atoms with Crippen molar-refractivity contribution in [3.63, 3.8) is 0 Å². The molecule has 2 aliphatic carbocycles. The monoisotopic (exact) mass is 751 g/mol. The maximum absolute atomic E-state index is 14.4. The highest BCUT2D eigenvalue weighted by molar-refractivity contribution is 7.91. The highest BCUT2D eigenvalue weighted by Crippen LogP contribution is 2.47. The summed E-state index contributed by atoms with van der Waals surface area (Å²) in [5.74, 6) is -3.66. The highest BCUT2D eigenvalue weighted by atomic mass is 32.2. The molecule has 4 amide bonds. The normalized spacial score (nSPS) is 24.7. The smallest absolute Gasteiger partial charge is 0.416 e. The van der Waals surface area contributed by atoms with Gasteiger partial charge in [-0.2, -0.15) is 13.2 Å². The van der Waals surface area contributed by atoms with E-state index in [-0.39, 0.29) is 44.1 Å². The molecule has 0 aromatic heterocycles. The number of ether oxygens (including phenoxy) is 1. The number of rotatable bonds is 11. The number of sulfonamides is 1. The largest absolute Gasteiger partial charge is 0.444 e. The van der Waals surface area contributed by atoms with E-state index in [0.717, 1.165) is 12.1 Å². The molecule has 5 unspecified atom stereocenters. The van der Waals surface area contributed by atoms with Crippen molar-refractivity contribution in [3.05, 3.63) is 65.0 Å². The van der Waals surface area contributed by atoms with Crippen LogP contribution >= 0.6 is 0 Å². The molecule has 2 aromatic carbocycles. The Kier molecular flexibility index (Phi) is 9.95. The van der Waals surface area contributed by atoms with Crippen LogP contribution in [-0.4, -0.2) is 77.6 Å². The molecule has 0 spiro atoms. The number of alkyl halides is 3. The van der Waals surface area contributed by atoms with Crippen molar-refractivity contribution in [2.45, 2.75) is 101 Å². The van der Waals surface area contributed by atoms with E-state index >= 15 is 0 Å². The van der Waals surface area contributed by atoms with E-state index in [1.165, 1.54) is 34.1 Å². The molecule has 5 atom stereocenters. The van der Waals surface area contributed by atoms with Crippen molar-refractivity contribution in [2.24, 2.45) is 11.8 Å². The fourth-order valence-corrected chi connectivity index (χ4v) is 8.42. The van der Waals surface area contributed by atoms with Gasteiger partial charge in [0.15, 0.2) is 0 Å². The van der Waals surface area contributed by atoms with Crippen LogP contribution in [0.5, 0.6) is 0 Å². The molecular formula is C35H41F4N5O7S. The maximum Gasteiger partial charge on any atom is 0.416 e. The van der Waals surface area contributed by atoms with Gasteiger partial charge in [0.2, 0.25) is 21.8 Å². The third-order valence-electron chi connectivity index (χ3n) is 10.3. The Balaban J connectivity index is 1.24. The van der Waals surface area contributed by atoms with Crippen LogP contribution in [0.2, 0.25) is 0 Å². The molecule has 0 bridgehead atoms. The van der Waals surface area contributed by atoms with Crippen LogP contribution in [0, 0.1) is 17.7 Å². The molecule has 12 nitrogen and oxygen atoms in total. The third kappa shape index (κ3) is 7.55. The first-order valence-corrected chi connectivity index (χ1v) is 18.8. The summed E-state index contributed by atoms with van der Waals surface area (Å²) in [6, 6.07) is 6.42. The van der Waals surface area contributed by atoms with Gasteiger partial charge in [-0.1, -0.05) is 45.4 Å². The third-order valence-corrected chi connectivity index (χ3v) is 12.1. The lowest BCUT2D eigenvalue weighted by Crippen LogP contribution is -2.58. The second-order valence-corrected chi connectivity index (χ2v) is 16.3. The topological polar surface area (TPSA) is 154 Å². The van der Waals surface area contributed by atoms with E-state index in [1.807, 2.05) is 0 Å². The summed E-state index contributed by atoms with van der Waals surface area (Å²) >= 11 is 0. The van der Waals surface area contributed by atoms with Crippen LogP contribution in [-0.2, 0) is 48.4 Å². The lowest BCUT2D eigenvalue weighted by molar-refractivity contribution is -0.140. The minimum atomic E-state index is -4.63. The van der Waals surface area contributed by atoms with Gasteiger partial charge in [0.05, 0.1) is 23.9 Å². The number of likely N-dealkylation sites (tertiary alicyclic amines) is 1. The van der Waals surface area contributed by atoms with E-state index in [0.29, 0.717) is 30.4 Å². The van der Waals surface area contributed by atoms with E-state index < -0.39 is 86.3 Å². The molecule has 1 saturated heterocycles. The number of benzene rings is 2. The van der Waals surface area contributed by atoms with Crippen molar-refractivity contribution < 1.29 is 49.9 Å². The van der Waals surface area contributed by atoms with E-state index in [9.17, 15) is 45.2 Å². The fourth-order valence-electron chi connectivity index (χ4n) is 7.05. The zero-order valence-corrected chi connectivity index (χ0v) is 29.7. The number of carbonyl (C=O) groups excluding carboxylic acids is 4. The van der Waals surface area contributed by atoms with Crippen molar-refractivity contribution >= 4 is 39.5 Å². The number of halogens is 4. The van der Waals surface area contributed by atoms with Crippen LogP contribution in [0.4, 0.5) is 28.0 Å².